The summed E-state index contributed by atoms with van der Waals surface area (Å²) in [5.74, 6) is 0. The largest absolute Gasteiger partial charge is 0.445 e. The molecule has 3 N–H and O–H groups in total. The van der Waals surface area contributed by atoms with Gasteiger partial charge >= 0.3 is 6.09 Å². The van der Waals surface area contributed by atoms with E-state index in [1.54, 1.807) is 0 Å². The maximum atomic E-state index is 11.6. The van der Waals surface area contributed by atoms with Gasteiger partial charge in [-0.15, -0.1) is 0 Å². The maximum Gasteiger partial charge on any atom is 0.407 e. The Morgan fingerprint density at radius 2 is 2.00 bits per heavy atom. The molecule has 0 aliphatic carbocycles. The fourth-order valence-corrected chi connectivity index (χ4v) is 1.94. The quantitative estimate of drug-likeness (QED) is 0.736. The second-order valence-electron chi connectivity index (χ2n) is 5.04. The van der Waals surface area contributed by atoms with Gasteiger partial charge in [0.15, 0.2) is 0 Å². The van der Waals surface area contributed by atoms with Crippen LogP contribution in [0.5, 0.6) is 0 Å². The van der Waals surface area contributed by atoms with E-state index in [-0.39, 0.29) is 18.8 Å². The minimum Gasteiger partial charge on any atom is -0.445 e. The number of nitriles is 1. The van der Waals surface area contributed by atoms with E-state index in [9.17, 15) is 15.0 Å². The maximum absolute atomic E-state index is 11.6. The second kappa shape index (κ2) is 8.62. The van der Waals surface area contributed by atoms with E-state index in [4.69, 9.17) is 10.00 Å². The summed E-state index contributed by atoms with van der Waals surface area (Å²) in [6, 6.07) is 14.0. The van der Waals surface area contributed by atoms with Gasteiger partial charge in [-0.2, -0.15) is 5.26 Å². The minimum absolute atomic E-state index is 0.116. The van der Waals surface area contributed by atoms with Crippen LogP contribution in [0.25, 0.3) is 0 Å². The molecule has 24 heavy (non-hydrogen) atoms. The molecular weight excluding hydrogens is 310 g/mol. The molecule has 0 aliphatic heterocycles. The number of benzene rings is 1. The van der Waals surface area contributed by atoms with Crippen molar-refractivity contribution in [3.63, 3.8) is 0 Å². The van der Waals surface area contributed by atoms with Crippen LogP contribution in [0.3, 0.4) is 0 Å². The minimum atomic E-state index is -1.24. The Hall–Kier alpha value is -2.95. The average Bonchev–Trinajstić information content (AvgIpc) is 2.64. The van der Waals surface area contributed by atoms with Crippen molar-refractivity contribution in [2.45, 2.75) is 18.8 Å². The van der Waals surface area contributed by atoms with Gasteiger partial charge in [0.25, 0.3) is 0 Å². The predicted molar refractivity (Wildman–Crippen MR) is 84.5 cm³/mol. The number of carbonyl (C=O) groups excluding carboxylic acids is 1. The Balaban J connectivity index is 1.77. The fourth-order valence-electron chi connectivity index (χ4n) is 1.94. The lowest BCUT2D eigenvalue weighted by molar-refractivity contribution is 0.0182. The summed E-state index contributed by atoms with van der Waals surface area (Å²) >= 11 is 0. The Morgan fingerprint density at radius 3 is 2.62 bits per heavy atom. The predicted octanol–water partition coefficient (Wildman–Crippen LogP) is 1.27. The van der Waals surface area contributed by atoms with Gasteiger partial charge in [0, 0.05) is 18.3 Å². The molecule has 1 aromatic carbocycles. The first-order chi connectivity index (χ1) is 11.6. The molecule has 2 unspecified atom stereocenters. The number of nitrogens with zero attached hydrogens (tertiary/aromatic N) is 2. The zero-order valence-corrected chi connectivity index (χ0v) is 12.8. The zero-order chi connectivity index (χ0) is 17.4. The number of alkyl carbamates (subject to hydrolysis) is 1. The SMILES string of the molecule is N#Cc1ccc(C(O)C(O)CNC(=O)OCc2ccccc2)cn1. The number of aliphatic hydroxyl groups excluding tert-OH is 2. The lowest BCUT2D eigenvalue weighted by Crippen LogP contribution is -2.35. The third kappa shape index (κ3) is 5.05. The molecule has 2 rings (SSSR count). The number of pyridine rings is 1. The van der Waals surface area contributed by atoms with Crippen molar-refractivity contribution in [3.8, 4) is 6.07 Å². The number of aromatic nitrogens is 1. The summed E-state index contributed by atoms with van der Waals surface area (Å²) in [4.78, 5) is 15.4. The molecule has 2 aromatic rings. The molecule has 0 saturated heterocycles. The standard InChI is InChI=1S/C17H17N3O4/c18-8-14-7-6-13(9-19-14)16(22)15(21)10-20-17(23)24-11-12-4-2-1-3-5-12/h1-7,9,15-16,21-22H,10-11H2,(H,20,23). The molecule has 7 nitrogen and oxygen atoms in total. The van der Waals surface area contributed by atoms with E-state index in [0.717, 1.165) is 5.56 Å². The van der Waals surface area contributed by atoms with Crippen molar-refractivity contribution < 1.29 is 19.7 Å². The molecule has 0 fully saturated rings. The van der Waals surface area contributed by atoms with Crippen molar-refractivity contribution in [1.82, 2.24) is 10.3 Å². The van der Waals surface area contributed by atoms with Crippen LogP contribution < -0.4 is 5.32 Å². The van der Waals surface area contributed by atoms with Crippen LogP contribution in [0.15, 0.2) is 48.7 Å². The van der Waals surface area contributed by atoms with Crippen molar-refractivity contribution in [2.24, 2.45) is 0 Å². The van der Waals surface area contributed by atoms with E-state index in [1.807, 2.05) is 36.4 Å². The number of aliphatic hydroxyl groups is 2. The normalized spacial score (nSPS) is 12.7. The fraction of sp³-hybridized carbons (Fsp3) is 0.235. The highest BCUT2D eigenvalue weighted by Gasteiger charge is 2.19. The van der Waals surface area contributed by atoms with Crippen LogP contribution in [0, 0.1) is 11.3 Å². The van der Waals surface area contributed by atoms with Crippen LogP contribution in [0.4, 0.5) is 4.79 Å². The van der Waals surface area contributed by atoms with E-state index in [1.165, 1.54) is 18.3 Å². The number of nitrogens with one attached hydrogen (secondary N) is 1. The topological polar surface area (TPSA) is 115 Å². The van der Waals surface area contributed by atoms with Crippen molar-refractivity contribution in [1.29, 1.82) is 5.26 Å². The number of rotatable bonds is 6. The Bertz CT molecular complexity index is 698. The van der Waals surface area contributed by atoms with Gasteiger partial charge in [-0.3, -0.25) is 0 Å². The van der Waals surface area contributed by atoms with Gasteiger partial charge in [0.2, 0.25) is 0 Å². The third-order valence-electron chi connectivity index (χ3n) is 3.28. The summed E-state index contributed by atoms with van der Waals surface area (Å²) in [6.07, 6.45) is -1.85. The highest BCUT2D eigenvalue weighted by Crippen LogP contribution is 2.15. The summed E-state index contributed by atoms with van der Waals surface area (Å²) in [5.41, 5.74) is 1.40. The first kappa shape index (κ1) is 17.4. The van der Waals surface area contributed by atoms with Crippen LogP contribution >= 0.6 is 0 Å². The van der Waals surface area contributed by atoms with E-state index < -0.39 is 18.3 Å². The highest BCUT2D eigenvalue weighted by molar-refractivity contribution is 5.67. The monoisotopic (exact) mass is 327 g/mol. The molecule has 0 aliphatic rings. The molecule has 1 aromatic heterocycles. The molecule has 2 atom stereocenters. The van der Waals surface area contributed by atoms with Crippen LogP contribution in [0.2, 0.25) is 0 Å². The lowest BCUT2D eigenvalue weighted by atomic mass is 10.1. The molecule has 0 saturated carbocycles. The van der Waals surface area contributed by atoms with Gasteiger partial charge in [-0.25, -0.2) is 9.78 Å². The third-order valence-corrected chi connectivity index (χ3v) is 3.28. The van der Waals surface area contributed by atoms with Gasteiger partial charge in [0.05, 0.1) is 0 Å². The highest BCUT2D eigenvalue weighted by atomic mass is 16.5. The van der Waals surface area contributed by atoms with Crippen molar-refractivity contribution in [3.05, 3.63) is 65.5 Å². The first-order valence-electron chi connectivity index (χ1n) is 7.27. The number of carbonyl (C=O) groups is 1. The van der Waals surface area contributed by atoms with Crippen molar-refractivity contribution >= 4 is 6.09 Å². The number of ether oxygens (including phenoxy) is 1. The number of amides is 1. The average molecular weight is 327 g/mol. The molecular formula is C17H17N3O4. The van der Waals surface area contributed by atoms with Crippen LogP contribution in [-0.4, -0.2) is 33.9 Å². The Kier molecular flexibility index (Phi) is 6.25. The van der Waals surface area contributed by atoms with Crippen molar-refractivity contribution in [2.75, 3.05) is 6.54 Å². The smallest absolute Gasteiger partial charge is 0.407 e. The van der Waals surface area contributed by atoms with Crippen LogP contribution in [-0.2, 0) is 11.3 Å². The number of hydrogen-bond donors (Lipinski definition) is 3. The molecule has 7 heteroatoms. The molecule has 0 radical (unpaired) electrons. The lowest BCUT2D eigenvalue weighted by Gasteiger charge is -2.18. The molecule has 0 spiro atoms. The molecule has 1 heterocycles. The van der Waals surface area contributed by atoms with Gasteiger partial charge in [-0.05, 0) is 11.6 Å². The number of hydrogen-bond acceptors (Lipinski definition) is 6. The molecule has 0 bridgehead atoms. The van der Waals surface area contributed by atoms with Crippen LogP contribution in [0.1, 0.15) is 22.9 Å². The van der Waals surface area contributed by atoms with E-state index in [2.05, 4.69) is 10.3 Å². The van der Waals surface area contributed by atoms with E-state index in [0.29, 0.717) is 5.56 Å². The van der Waals surface area contributed by atoms with Gasteiger partial charge < -0.3 is 20.3 Å². The molecule has 1 amide bonds. The zero-order valence-electron chi connectivity index (χ0n) is 12.8. The second-order valence-corrected chi connectivity index (χ2v) is 5.04. The summed E-state index contributed by atoms with van der Waals surface area (Å²) < 4.78 is 5.00. The van der Waals surface area contributed by atoms with Gasteiger partial charge in [0.1, 0.15) is 30.6 Å². The molecule has 124 valence electrons. The van der Waals surface area contributed by atoms with Gasteiger partial charge in [-0.1, -0.05) is 36.4 Å². The van der Waals surface area contributed by atoms with E-state index >= 15 is 0 Å². The summed E-state index contributed by atoms with van der Waals surface area (Å²) in [7, 11) is 0. The summed E-state index contributed by atoms with van der Waals surface area (Å²) in [6.45, 7) is -0.0698. The first-order valence-corrected chi connectivity index (χ1v) is 7.27. The summed E-state index contributed by atoms with van der Waals surface area (Å²) in [5, 5.41) is 31.0. The Morgan fingerprint density at radius 1 is 1.25 bits per heavy atom. The Labute approximate surface area is 139 Å².